The van der Waals surface area contributed by atoms with Crippen molar-refractivity contribution in [2.24, 2.45) is 5.92 Å². The molecule has 1 saturated carbocycles. The molecular weight excluding hydrogens is 396 g/mol. The van der Waals surface area contributed by atoms with Crippen molar-refractivity contribution in [1.29, 1.82) is 0 Å². The largest absolute Gasteiger partial charge is 0.374 e. The van der Waals surface area contributed by atoms with Gasteiger partial charge in [-0.05, 0) is 45.7 Å². The molecule has 4 rings (SSSR count). The fraction of sp³-hybridized carbons (Fsp3) is 0.500. The van der Waals surface area contributed by atoms with Crippen LogP contribution in [0.1, 0.15) is 55.8 Å². The van der Waals surface area contributed by atoms with Gasteiger partial charge in [0.15, 0.2) is 0 Å². The van der Waals surface area contributed by atoms with Gasteiger partial charge in [-0.25, -0.2) is 18.0 Å². The van der Waals surface area contributed by atoms with Crippen molar-refractivity contribution in [3.63, 3.8) is 0 Å². The van der Waals surface area contributed by atoms with Gasteiger partial charge in [0.25, 0.3) is 10.0 Å². The first-order valence-corrected chi connectivity index (χ1v) is 11.7. The van der Waals surface area contributed by atoms with E-state index in [1.165, 1.54) is 11.3 Å². The zero-order chi connectivity index (χ0) is 20.3. The molecule has 28 heavy (non-hydrogen) atoms. The Kier molecular flexibility index (Phi) is 4.73. The number of hydrogen-bond donors (Lipinski definition) is 3. The van der Waals surface area contributed by atoms with Gasteiger partial charge < -0.3 is 10.2 Å². The number of fused-ring (bicyclic) bond motifs is 1. The van der Waals surface area contributed by atoms with E-state index in [1.807, 2.05) is 24.3 Å². The number of hydrogen-bond acceptors (Lipinski definition) is 6. The summed E-state index contributed by atoms with van der Waals surface area (Å²) in [6.07, 6.45) is 0.901. The van der Waals surface area contributed by atoms with E-state index in [2.05, 4.69) is 4.72 Å². The van der Waals surface area contributed by atoms with Gasteiger partial charge in [-0.2, -0.15) is 0 Å². The molecule has 1 fully saturated rings. The number of sulfonamides is 1. The van der Waals surface area contributed by atoms with E-state index in [9.17, 15) is 18.6 Å². The third kappa shape index (κ3) is 3.42. The zero-order valence-corrected chi connectivity index (χ0v) is 17.8. The van der Waals surface area contributed by atoms with Crippen LogP contribution in [0.4, 0.5) is 0 Å². The predicted molar refractivity (Wildman–Crippen MR) is 108 cm³/mol. The Morgan fingerprint density at radius 1 is 1.21 bits per heavy atom. The van der Waals surface area contributed by atoms with Gasteiger partial charge in [0.2, 0.25) is 0 Å². The normalized spacial score (nSPS) is 25.8. The van der Waals surface area contributed by atoms with Crippen LogP contribution in [-0.2, 0) is 22.3 Å². The molecule has 0 amide bonds. The van der Waals surface area contributed by atoms with E-state index >= 15 is 0 Å². The van der Waals surface area contributed by atoms with Crippen LogP contribution in [0.5, 0.6) is 0 Å². The molecule has 152 valence electrons. The number of thiophene rings is 1. The fourth-order valence-corrected chi connectivity index (χ4v) is 6.70. The molecule has 3 N–H and O–H groups in total. The molecular formula is C20H26N2O4S2. The summed E-state index contributed by atoms with van der Waals surface area (Å²) in [5.74, 6) is 0.0801. The Hall–Kier alpha value is -1.29. The Balaban J connectivity index is 1.63. The van der Waals surface area contributed by atoms with Crippen molar-refractivity contribution in [3.8, 4) is 0 Å². The van der Waals surface area contributed by atoms with Crippen molar-refractivity contribution < 1.29 is 18.6 Å². The fourth-order valence-electron chi connectivity index (χ4n) is 3.92. The van der Waals surface area contributed by atoms with Crippen LogP contribution in [0, 0.1) is 5.92 Å². The first kappa shape index (κ1) is 20.0. The van der Waals surface area contributed by atoms with E-state index in [-0.39, 0.29) is 16.7 Å². The number of benzene rings is 1. The maximum Gasteiger partial charge on any atom is 0.250 e. The smallest absolute Gasteiger partial charge is 0.250 e. The Labute approximate surface area is 169 Å². The van der Waals surface area contributed by atoms with E-state index in [0.717, 1.165) is 28.8 Å². The topological polar surface area (TPSA) is 89.9 Å². The molecule has 0 saturated heterocycles. The minimum absolute atomic E-state index is 0.0801. The molecule has 2 aromatic rings. The number of aliphatic hydroxyl groups excluding tert-OH is 1. The number of aliphatic hydroxyl groups is 2. The van der Waals surface area contributed by atoms with Crippen LogP contribution in [0.25, 0.3) is 0 Å². The van der Waals surface area contributed by atoms with Crippen LogP contribution in [0.2, 0.25) is 0 Å². The molecule has 0 spiro atoms. The first-order chi connectivity index (χ1) is 13.0. The minimum Gasteiger partial charge on any atom is -0.374 e. The molecule has 2 atom stereocenters. The van der Waals surface area contributed by atoms with Crippen LogP contribution in [0.3, 0.4) is 0 Å². The molecule has 2 unspecified atom stereocenters. The number of nitrogens with zero attached hydrogens (tertiary/aromatic N) is 1. The lowest BCUT2D eigenvalue weighted by atomic mass is 9.97. The maximum atomic E-state index is 12.6. The van der Waals surface area contributed by atoms with Crippen LogP contribution in [-0.4, -0.2) is 29.1 Å². The standard InChI is InChI=1S/C20H26N2O4S2/c1-19(2,3)21-28(25,26)17-11-10-14(27-17)12-22-18(23)15-6-4-5-7-16(15)20(22,24)13-8-9-13/h4-7,10-11,13,18,21,23-24H,8-9,12H2,1-3H3. The van der Waals surface area contributed by atoms with Crippen LogP contribution >= 0.6 is 11.3 Å². The van der Waals surface area contributed by atoms with Crippen molar-refractivity contribution in [2.45, 2.75) is 61.9 Å². The highest BCUT2D eigenvalue weighted by Crippen LogP contribution is 2.56. The lowest BCUT2D eigenvalue weighted by molar-refractivity contribution is -0.183. The summed E-state index contributed by atoms with van der Waals surface area (Å²) in [6, 6.07) is 10.8. The number of nitrogens with one attached hydrogen (secondary N) is 1. The summed E-state index contributed by atoms with van der Waals surface area (Å²) in [4.78, 5) is 2.47. The first-order valence-electron chi connectivity index (χ1n) is 9.42. The summed E-state index contributed by atoms with van der Waals surface area (Å²) in [6.45, 7) is 5.67. The van der Waals surface area contributed by atoms with E-state index in [0.29, 0.717) is 0 Å². The van der Waals surface area contributed by atoms with Crippen molar-refractivity contribution in [1.82, 2.24) is 9.62 Å². The molecule has 0 radical (unpaired) electrons. The molecule has 1 aliphatic carbocycles. The molecule has 1 aliphatic heterocycles. The lowest BCUT2D eigenvalue weighted by Gasteiger charge is -2.36. The second-order valence-electron chi connectivity index (χ2n) is 8.67. The van der Waals surface area contributed by atoms with E-state index in [1.54, 1.807) is 37.8 Å². The van der Waals surface area contributed by atoms with Gasteiger partial charge in [0.05, 0.1) is 0 Å². The summed E-state index contributed by atoms with van der Waals surface area (Å²) in [5.41, 5.74) is -0.315. The van der Waals surface area contributed by atoms with Crippen molar-refractivity contribution >= 4 is 21.4 Å². The van der Waals surface area contributed by atoms with Gasteiger partial charge in [-0.1, -0.05) is 24.3 Å². The zero-order valence-electron chi connectivity index (χ0n) is 16.2. The average Bonchev–Trinajstić information content (AvgIpc) is 3.30. The molecule has 8 heteroatoms. The monoisotopic (exact) mass is 422 g/mol. The molecule has 1 aromatic heterocycles. The van der Waals surface area contributed by atoms with Gasteiger partial charge in [-0.3, -0.25) is 0 Å². The maximum absolute atomic E-state index is 12.6. The lowest BCUT2D eigenvalue weighted by Crippen LogP contribution is -2.43. The second-order valence-corrected chi connectivity index (χ2v) is 11.7. The SMILES string of the molecule is CC(C)(C)NS(=O)(=O)c1ccc(CN2C(O)c3ccccc3C2(O)C2CC2)s1. The van der Waals surface area contributed by atoms with Gasteiger partial charge in [0.1, 0.15) is 16.2 Å². The molecule has 6 nitrogen and oxygen atoms in total. The van der Waals surface area contributed by atoms with E-state index < -0.39 is 27.5 Å². The summed E-state index contributed by atoms with van der Waals surface area (Å²) >= 11 is 1.17. The molecule has 1 aromatic carbocycles. The molecule has 0 bridgehead atoms. The highest BCUT2D eigenvalue weighted by Gasteiger charge is 2.56. The van der Waals surface area contributed by atoms with Gasteiger partial charge in [0, 0.05) is 34.0 Å². The van der Waals surface area contributed by atoms with Crippen molar-refractivity contribution in [2.75, 3.05) is 0 Å². The predicted octanol–water partition coefficient (Wildman–Crippen LogP) is 2.89. The minimum atomic E-state index is -3.61. The Bertz CT molecular complexity index is 992. The third-order valence-corrected chi connectivity index (χ3v) is 8.50. The highest BCUT2D eigenvalue weighted by atomic mass is 32.2. The summed E-state index contributed by atoms with van der Waals surface area (Å²) < 4.78 is 28.0. The third-order valence-electron chi connectivity index (χ3n) is 5.18. The highest BCUT2D eigenvalue weighted by molar-refractivity contribution is 7.91. The molecule has 2 heterocycles. The van der Waals surface area contributed by atoms with Gasteiger partial charge in [-0.15, -0.1) is 11.3 Å². The number of rotatable bonds is 5. The second kappa shape index (κ2) is 6.62. The Morgan fingerprint density at radius 3 is 2.54 bits per heavy atom. The van der Waals surface area contributed by atoms with Crippen molar-refractivity contribution in [3.05, 3.63) is 52.4 Å². The van der Waals surface area contributed by atoms with Crippen LogP contribution in [0.15, 0.2) is 40.6 Å². The van der Waals surface area contributed by atoms with E-state index in [4.69, 9.17) is 0 Å². The average molecular weight is 423 g/mol. The van der Waals surface area contributed by atoms with Gasteiger partial charge >= 0.3 is 0 Å². The van der Waals surface area contributed by atoms with Crippen LogP contribution < -0.4 is 4.72 Å². The Morgan fingerprint density at radius 2 is 1.89 bits per heavy atom. The summed E-state index contributed by atoms with van der Waals surface area (Å²) in [7, 11) is -3.61. The molecule has 2 aliphatic rings. The summed E-state index contributed by atoms with van der Waals surface area (Å²) in [5, 5.41) is 22.4. The quantitative estimate of drug-likeness (QED) is 0.689.